The van der Waals surface area contributed by atoms with Crippen LogP contribution in [0.2, 0.25) is 0 Å². The Hall–Kier alpha value is -2.17. The molecule has 0 saturated carbocycles. The summed E-state index contributed by atoms with van der Waals surface area (Å²) in [6.45, 7) is 0. The molecule has 0 aliphatic heterocycles. The number of carboxylic acids is 1. The van der Waals surface area contributed by atoms with Gasteiger partial charge in [-0.1, -0.05) is 18.2 Å². The highest BCUT2D eigenvalue weighted by molar-refractivity contribution is 7.89. The molecule has 7 heteroatoms. The van der Waals surface area contributed by atoms with Crippen molar-refractivity contribution < 1.29 is 18.3 Å². The molecule has 0 amide bonds. The van der Waals surface area contributed by atoms with Crippen LogP contribution in [-0.4, -0.2) is 25.5 Å². The number of aliphatic carboxylic acids is 1. The number of carboxylic acid groups (broad SMARTS) is 1. The Morgan fingerprint density at radius 2 is 2.15 bits per heavy atom. The highest BCUT2D eigenvalue weighted by Crippen LogP contribution is 2.20. The molecule has 2 unspecified atom stereocenters. The molecule has 1 aliphatic carbocycles. The molecule has 20 heavy (non-hydrogen) atoms. The fourth-order valence-corrected chi connectivity index (χ4v) is 3.22. The van der Waals surface area contributed by atoms with Crippen LogP contribution in [0.3, 0.4) is 0 Å². The molecule has 0 spiro atoms. The zero-order valence-corrected chi connectivity index (χ0v) is 11.2. The third-order valence-electron chi connectivity index (χ3n) is 2.98. The fourth-order valence-electron chi connectivity index (χ4n) is 1.97. The minimum absolute atomic E-state index is 0.0104. The predicted molar refractivity (Wildman–Crippen MR) is 70.1 cm³/mol. The Morgan fingerprint density at radius 3 is 2.75 bits per heavy atom. The van der Waals surface area contributed by atoms with E-state index in [9.17, 15) is 13.2 Å². The summed E-state index contributed by atoms with van der Waals surface area (Å²) in [6.07, 6.45) is 3.19. The smallest absolute Gasteiger partial charge is 0.310 e. The van der Waals surface area contributed by atoms with E-state index in [1.54, 1.807) is 0 Å². The minimum atomic E-state index is -3.77. The third-order valence-corrected chi connectivity index (χ3v) is 4.47. The second-order valence-electron chi connectivity index (χ2n) is 4.43. The van der Waals surface area contributed by atoms with Crippen molar-refractivity contribution in [3.8, 4) is 6.07 Å². The molecule has 1 aromatic rings. The number of nitrogens with zero attached hydrogens (tertiary/aromatic N) is 1. The van der Waals surface area contributed by atoms with Gasteiger partial charge in [0.1, 0.15) is 0 Å². The van der Waals surface area contributed by atoms with Gasteiger partial charge in [0.15, 0.2) is 0 Å². The van der Waals surface area contributed by atoms with Gasteiger partial charge in [0.25, 0.3) is 0 Å². The standard InChI is InChI=1S/C13H12N2O4S/c14-8-9-2-1-3-12(6-9)20(18,19)15-11-5-4-10(7-11)13(16)17/h1-6,10-11,15H,7H2,(H,16,17). The highest BCUT2D eigenvalue weighted by atomic mass is 32.2. The molecule has 0 fully saturated rings. The van der Waals surface area contributed by atoms with Gasteiger partial charge in [-0.3, -0.25) is 4.79 Å². The average Bonchev–Trinajstić information content (AvgIpc) is 2.87. The minimum Gasteiger partial charge on any atom is -0.481 e. The first kappa shape index (κ1) is 14.2. The van der Waals surface area contributed by atoms with Crippen molar-refractivity contribution in [3.05, 3.63) is 42.0 Å². The van der Waals surface area contributed by atoms with Gasteiger partial charge in [-0.2, -0.15) is 5.26 Å². The summed E-state index contributed by atoms with van der Waals surface area (Å²) < 4.78 is 26.7. The van der Waals surface area contributed by atoms with Crippen LogP contribution in [0.4, 0.5) is 0 Å². The summed E-state index contributed by atoms with van der Waals surface area (Å²) in [4.78, 5) is 10.8. The van der Waals surface area contributed by atoms with E-state index in [-0.39, 0.29) is 16.9 Å². The molecule has 2 rings (SSSR count). The van der Waals surface area contributed by atoms with Crippen LogP contribution in [0.15, 0.2) is 41.3 Å². The number of nitrogens with one attached hydrogen (secondary N) is 1. The second kappa shape index (κ2) is 5.45. The topological polar surface area (TPSA) is 107 Å². The monoisotopic (exact) mass is 292 g/mol. The third kappa shape index (κ3) is 3.04. The summed E-state index contributed by atoms with van der Waals surface area (Å²) in [5.74, 6) is -1.65. The number of sulfonamides is 1. The van der Waals surface area contributed by atoms with Crippen LogP contribution in [-0.2, 0) is 14.8 Å². The molecule has 0 bridgehead atoms. The van der Waals surface area contributed by atoms with Crippen LogP contribution >= 0.6 is 0 Å². The summed E-state index contributed by atoms with van der Waals surface area (Å²) in [6, 6.07) is 6.97. The van der Waals surface area contributed by atoms with Gasteiger partial charge >= 0.3 is 5.97 Å². The molecule has 6 nitrogen and oxygen atoms in total. The number of rotatable bonds is 4. The highest BCUT2D eigenvalue weighted by Gasteiger charge is 2.28. The van der Waals surface area contributed by atoms with Crippen molar-refractivity contribution in [2.24, 2.45) is 5.92 Å². The van der Waals surface area contributed by atoms with Gasteiger partial charge in [-0.25, -0.2) is 13.1 Å². The molecular weight excluding hydrogens is 280 g/mol. The van der Waals surface area contributed by atoms with Crippen molar-refractivity contribution in [1.29, 1.82) is 5.26 Å². The molecule has 2 atom stereocenters. The van der Waals surface area contributed by atoms with Crippen LogP contribution in [0.1, 0.15) is 12.0 Å². The zero-order chi connectivity index (χ0) is 14.8. The van der Waals surface area contributed by atoms with Crippen molar-refractivity contribution in [2.45, 2.75) is 17.4 Å². The number of hydrogen-bond donors (Lipinski definition) is 2. The van der Waals surface area contributed by atoms with Gasteiger partial charge in [0, 0.05) is 6.04 Å². The van der Waals surface area contributed by atoms with Crippen LogP contribution in [0.5, 0.6) is 0 Å². The van der Waals surface area contributed by atoms with Crippen molar-refractivity contribution in [3.63, 3.8) is 0 Å². The lowest BCUT2D eigenvalue weighted by atomic mass is 10.1. The maximum atomic E-state index is 12.1. The quantitative estimate of drug-likeness (QED) is 0.800. The molecule has 1 aromatic carbocycles. The number of hydrogen-bond acceptors (Lipinski definition) is 4. The summed E-state index contributed by atoms with van der Waals surface area (Å²) in [5, 5.41) is 17.6. The number of carbonyl (C=O) groups is 1. The first-order chi connectivity index (χ1) is 9.42. The first-order valence-electron chi connectivity index (χ1n) is 5.86. The zero-order valence-electron chi connectivity index (χ0n) is 10.4. The van der Waals surface area contributed by atoms with Gasteiger partial charge in [0.2, 0.25) is 10.0 Å². The van der Waals surface area contributed by atoms with Crippen molar-refractivity contribution in [2.75, 3.05) is 0 Å². The van der Waals surface area contributed by atoms with Gasteiger partial charge < -0.3 is 5.11 Å². The Morgan fingerprint density at radius 1 is 1.40 bits per heavy atom. The predicted octanol–water partition coefficient (Wildman–Crippen LogP) is 0.866. The van der Waals surface area contributed by atoms with E-state index >= 15 is 0 Å². The van der Waals surface area contributed by atoms with Crippen molar-refractivity contribution in [1.82, 2.24) is 4.72 Å². The number of benzene rings is 1. The van der Waals surface area contributed by atoms with E-state index < -0.39 is 28.0 Å². The van der Waals surface area contributed by atoms with Crippen LogP contribution < -0.4 is 4.72 Å². The maximum absolute atomic E-state index is 12.1. The van der Waals surface area contributed by atoms with Crippen molar-refractivity contribution >= 4 is 16.0 Å². The molecule has 1 aliphatic rings. The summed E-state index contributed by atoms with van der Waals surface area (Å²) in [5.41, 5.74) is 0.248. The normalized spacial score (nSPS) is 21.6. The molecule has 0 aromatic heterocycles. The lowest BCUT2D eigenvalue weighted by molar-refractivity contribution is -0.140. The van der Waals surface area contributed by atoms with Crippen LogP contribution in [0.25, 0.3) is 0 Å². The van der Waals surface area contributed by atoms with Crippen LogP contribution in [0, 0.1) is 17.2 Å². The second-order valence-corrected chi connectivity index (χ2v) is 6.15. The molecular formula is C13H12N2O4S. The largest absolute Gasteiger partial charge is 0.481 e. The number of nitriles is 1. The van der Waals surface area contributed by atoms with Gasteiger partial charge in [-0.05, 0) is 24.6 Å². The molecule has 0 saturated heterocycles. The van der Waals surface area contributed by atoms with E-state index in [1.807, 2.05) is 6.07 Å². The SMILES string of the molecule is N#Cc1cccc(S(=O)(=O)NC2C=CC(C(=O)O)C2)c1. The molecule has 0 heterocycles. The Kier molecular flexibility index (Phi) is 3.88. The summed E-state index contributed by atoms with van der Waals surface area (Å²) in [7, 11) is -3.77. The Labute approximate surface area is 116 Å². The van der Waals surface area contributed by atoms with E-state index in [0.717, 1.165) is 0 Å². The van der Waals surface area contributed by atoms with E-state index in [1.165, 1.54) is 36.4 Å². The molecule has 0 radical (unpaired) electrons. The van der Waals surface area contributed by atoms with E-state index in [2.05, 4.69) is 4.72 Å². The lowest BCUT2D eigenvalue weighted by Crippen LogP contribution is -2.33. The molecule has 104 valence electrons. The molecule has 2 N–H and O–H groups in total. The Balaban J connectivity index is 2.15. The van der Waals surface area contributed by atoms with Gasteiger partial charge in [0.05, 0.1) is 22.4 Å². The van der Waals surface area contributed by atoms with E-state index in [4.69, 9.17) is 10.4 Å². The summed E-state index contributed by atoms with van der Waals surface area (Å²) >= 11 is 0. The average molecular weight is 292 g/mol. The fraction of sp³-hybridized carbons (Fsp3) is 0.231. The van der Waals surface area contributed by atoms with Gasteiger partial charge in [-0.15, -0.1) is 0 Å². The Bertz CT molecular complexity index is 703. The first-order valence-corrected chi connectivity index (χ1v) is 7.34. The lowest BCUT2D eigenvalue weighted by Gasteiger charge is -2.12. The maximum Gasteiger partial charge on any atom is 0.310 e. The van der Waals surface area contributed by atoms with E-state index in [0.29, 0.717) is 0 Å².